The second kappa shape index (κ2) is 4.42. The average Bonchev–Trinajstić information content (AvgIpc) is 2.47. The molecule has 2 nitrogen and oxygen atoms in total. The summed E-state index contributed by atoms with van der Waals surface area (Å²) >= 11 is 2.92. The van der Waals surface area contributed by atoms with Gasteiger partial charge in [-0.3, -0.25) is 9.59 Å². The van der Waals surface area contributed by atoms with Gasteiger partial charge < -0.3 is 0 Å². The molecule has 0 radical (unpaired) electrons. The maximum atomic E-state index is 10.6. The molecule has 0 amide bonds. The molecule has 1 aromatic rings. The van der Waals surface area contributed by atoms with E-state index in [0.717, 1.165) is 10.5 Å². The zero-order valence-electron chi connectivity index (χ0n) is 6.57. The number of aldehydes is 1. The fourth-order valence-electron chi connectivity index (χ4n) is 0.677. The van der Waals surface area contributed by atoms with Gasteiger partial charge in [-0.05, 0) is 18.4 Å². The number of ketones is 1. The molecule has 0 unspecified atom stereocenters. The lowest BCUT2D eigenvalue weighted by atomic mass is 10.4. The van der Waals surface area contributed by atoms with Crippen LogP contribution in [0.3, 0.4) is 0 Å². The topological polar surface area (TPSA) is 34.1 Å². The molecule has 0 atom stereocenters. The van der Waals surface area contributed by atoms with Gasteiger partial charge in [0.1, 0.15) is 5.78 Å². The number of hydrogen-bond acceptors (Lipinski definition) is 4. The second-order valence-corrected chi connectivity index (χ2v) is 4.43. The monoisotopic (exact) mass is 200 g/mol. The van der Waals surface area contributed by atoms with E-state index in [1.54, 1.807) is 13.0 Å². The highest BCUT2D eigenvalue weighted by Gasteiger charge is 2.04. The molecule has 0 aromatic carbocycles. The molecule has 1 rings (SSSR count). The van der Waals surface area contributed by atoms with Gasteiger partial charge in [-0.1, -0.05) is 0 Å². The quantitative estimate of drug-likeness (QED) is 0.552. The molecule has 0 aliphatic rings. The van der Waals surface area contributed by atoms with E-state index in [2.05, 4.69) is 0 Å². The molecule has 0 bridgehead atoms. The van der Waals surface area contributed by atoms with Gasteiger partial charge in [0, 0.05) is 5.56 Å². The number of Topliss-reactive ketones (excluding diaryl/α,β-unsaturated/α-hetero) is 1. The van der Waals surface area contributed by atoms with Crippen molar-refractivity contribution in [3.8, 4) is 0 Å². The Morgan fingerprint density at radius 2 is 2.50 bits per heavy atom. The van der Waals surface area contributed by atoms with Crippen molar-refractivity contribution in [1.29, 1.82) is 0 Å². The van der Waals surface area contributed by atoms with Crippen LogP contribution in [0.4, 0.5) is 0 Å². The number of carbonyl (C=O) groups excluding carboxylic acids is 2. The van der Waals surface area contributed by atoms with Crippen molar-refractivity contribution in [3.05, 3.63) is 17.0 Å². The van der Waals surface area contributed by atoms with Crippen LogP contribution in [0.2, 0.25) is 0 Å². The summed E-state index contributed by atoms with van der Waals surface area (Å²) in [6.07, 6.45) is 0.818. The number of thiophene rings is 1. The van der Waals surface area contributed by atoms with E-state index < -0.39 is 0 Å². The molecule has 64 valence electrons. The van der Waals surface area contributed by atoms with E-state index in [-0.39, 0.29) is 5.78 Å². The average molecular weight is 200 g/mol. The number of carbonyl (C=O) groups is 2. The van der Waals surface area contributed by atoms with Crippen LogP contribution in [0.1, 0.15) is 17.3 Å². The van der Waals surface area contributed by atoms with Crippen LogP contribution in [-0.2, 0) is 4.79 Å². The maximum absolute atomic E-state index is 10.6. The largest absolute Gasteiger partial charge is 0.299 e. The zero-order valence-corrected chi connectivity index (χ0v) is 8.21. The van der Waals surface area contributed by atoms with Crippen molar-refractivity contribution in [3.63, 3.8) is 0 Å². The van der Waals surface area contributed by atoms with Crippen LogP contribution in [0.15, 0.2) is 15.7 Å². The molecular formula is C8H8O2S2. The lowest BCUT2D eigenvalue weighted by molar-refractivity contribution is -0.114. The van der Waals surface area contributed by atoms with E-state index in [1.807, 2.05) is 5.38 Å². The Morgan fingerprint density at radius 1 is 1.75 bits per heavy atom. The van der Waals surface area contributed by atoms with Gasteiger partial charge >= 0.3 is 0 Å². The van der Waals surface area contributed by atoms with Crippen molar-refractivity contribution in [2.75, 3.05) is 5.75 Å². The van der Waals surface area contributed by atoms with Gasteiger partial charge in [0.15, 0.2) is 6.29 Å². The highest BCUT2D eigenvalue weighted by atomic mass is 32.2. The Labute approximate surface area is 79.0 Å². The van der Waals surface area contributed by atoms with Gasteiger partial charge in [-0.2, -0.15) is 0 Å². The van der Waals surface area contributed by atoms with E-state index in [4.69, 9.17) is 0 Å². The third-order valence-electron chi connectivity index (χ3n) is 1.19. The van der Waals surface area contributed by atoms with Crippen molar-refractivity contribution in [2.45, 2.75) is 11.1 Å². The van der Waals surface area contributed by atoms with Crippen molar-refractivity contribution >= 4 is 35.2 Å². The van der Waals surface area contributed by atoms with Crippen LogP contribution in [0, 0.1) is 0 Å². The smallest absolute Gasteiger partial charge is 0.152 e. The molecule has 4 heteroatoms. The SMILES string of the molecule is CC(=O)CSc1sccc1C=O. The van der Waals surface area contributed by atoms with Crippen LogP contribution in [0.25, 0.3) is 0 Å². The minimum absolute atomic E-state index is 0.130. The molecule has 0 saturated heterocycles. The number of hydrogen-bond donors (Lipinski definition) is 0. The predicted octanol–water partition coefficient (Wildman–Crippen LogP) is 2.24. The van der Waals surface area contributed by atoms with Gasteiger partial charge in [0.05, 0.1) is 9.96 Å². The van der Waals surface area contributed by atoms with E-state index in [9.17, 15) is 9.59 Å². The molecule has 0 aliphatic heterocycles. The summed E-state index contributed by atoms with van der Waals surface area (Å²) < 4.78 is 0.931. The summed E-state index contributed by atoms with van der Waals surface area (Å²) in [5.41, 5.74) is 0.686. The minimum atomic E-state index is 0.130. The predicted molar refractivity (Wildman–Crippen MR) is 51.1 cm³/mol. The van der Waals surface area contributed by atoms with E-state index >= 15 is 0 Å². The molecule has 0 fully saturated rings. The Bertz CT molecular complexity index is 291. The zero-order chi connectivity index (χ0) is 8.97. The summed E-state index contributed by atoms with van der Waals surface area (Å²) in [7, 11) is 0. The standard InChI is InChI=1S/C8H8O2S2/c1-6(10)5-12-8-7(4-9)2-3-11-8/h2-4H,5H2,1H3. The fourth-order valence-corrected chi connectivity index (χ4v) is 2.50. The molecule has 1 aromatic heterocycles. The summed E-state index contributed by atoms with van der Waals surface area (Å²) in [6, 6.07) is 1.76. The molecule has 0 spiro atoms. The summed E-state index contributed by atoms with van der Waals surface area (Å²) in [5.74, 6) is 0.576. The molecule has 12 heavy (non-hydrogen) atoms. The first kappa shape index (κ1) is 9.48. The molecule has 0 aliphatic carbocycles. The Balaban J connectivity index is 2.62. The van der Waals surface area contributed by atoms with Crippen LogP contribution in [-0.4, -0.2) is 17.8 Å². The highest BCUT2D eigenvalue weighted by Crippen LogP contribution is 2.27. The molecule has 0 N–H and O–H groups in total. The van der Waals surface area contributed by atoms with E-state index in [1.165, 1.54) is 23.1 Å². The first-order valence-electron chi connectivity index (χ1n) is 3.39. The summed E-state index contributed by atoms with van der Waals surface area (Å²) in [4.78, 5) is 21.1. The van der Waals surface area contributed by atoms with Gasteiger partial charge in [0.2, 0.25) is 0 Å². The van der Waals surface area contributed by atoms with Gasteiger partial charge in [-0.15, -0.1) is 23.1 Å². The fraction of sp³-hybridized carbons (Fsp3) is 0.250. The minimum Gasteiger partial charge on any atom is -0.299 e. The first-order valence-corrected chi connectivity index (χ1v) is 5.25. The van der Waals surface area contributed by atoms with Crippen LogP contribution >= 0.6 is 23.1 Å². The maximum Gasteiger partial charge on any atom is 0.152 e. The van der Waals surface area contributed by atoms with Gasteiger partial charge in [-0.25, -0.2) is 0 Å². The summed E-state index contributed by atoms with van der Waals surface area (Å²) in [6.45, 7) is 1.54. The molecule has 0 saturated carbocycles. The summed E-state index contributed by atoms with van der Waals surface area (Å²) in [5, 5.41) is 1.85. The number of rotatable bonds is 4. The van der Waals surface area contributed by atoms with Crippen molar-refractivity contribution < 1.29 is 9.59 Å². The first-order chi connectivity index (χ1) is 5.74. The Morgan fingerprint density at radius 3 is 3.08 bits per heavy atom. The lowest BCUT2D eigenvalue weighted by Gasteiger charge is -1.94. The second-order valence-electron chi connectivity index (χ2n) is 2.27. The van der Waals surface area contributed by atoms with Crippen molar-refractivity contribution in [2.24, 2.45) is 0 Å². The third kappa shape index (κ3) is 2.46. The van der Waals surface area contributed by atoms with Crippen LogP contribution < -0.4 is 0 Å². The van der Waals surface area contributed by atoms with Crippen molar-refractivity contribution in [1.82, 2.24) is 0 Å². The Hall–Kier alpha value is -0.610. The van der Waals surface area contributed by atoms with E-state index in [0.29, 0.717) is 11.3 Å². The Kier molecular flexibility index (Phi) is 3.49. The highest BCUT2D eigenvalue weighted by molar-refractivity contribution is 8.01. The molecule has 1 heterocycles. The lowest BCUT2D eigenvalue weighted by Crippen LogP contribution is -1.92. The third-order valence-corrected chi connectivity index (χ3v) is 3.60. The van der Waals surface area contributed by atoms with Gasteiger partial charge in [0.25, 0.3) is 0 Å². The number of thioether (sulfide) groups is 1. The van der Waals surface area contributed by atoms with Crippen LogP contribution in [0.5, 0.6) is 0 Å². The normalized spacial score (nSPS) is 9.75. The molecular weight excluding hydrogens is 192 g/mol.